The first kappa shape index (κ1) is 13.2. The molecule has 0 saturated heterocycles. The lowest BCUT2D eigenvalue weighted by Crippen LogP contribution is -2.45. The van der Waals surface area contributed by atoms with Gasteiger partial charge in [-0.25, -0.2) is 0 Å². The largest absolute Gasteiger partial charge is 0.399 e. The third kappa shape index (κ3) is 3.15. The fraction of sp³-hybridized carbons (Fsp3) is 0.462. The zero-order valence-corrected chi connectivity index (χ0v) is 10.8. The van der Waals surface area contributed by atoms with Crippen molar-refractivity contribution in [2.45, 2.75) is 37.8 Å². The number of anilines is 1. The molecule has 2 atom stereocenters. The maximum atomic E-state index is 12.0. The number of rotatable bonds is 2. The molecule has 1 saturated carbocycles. The molecular weight excluding hydrogens is 252 g/mol. The Bertz CT molecular complexity index is 430. The van der Waals surface area contributed by atoms with Crippen LogP contribution in [0.25, 0.3) is 0 Å². The summed E-state index contributed by atoms with van der Waals surface area (Å²) in [6.07, 6.45) is 3.13. The Labute approximate surface area is 111 Å². The third-order valence-electron chi connectivity index (χ3n) is 3.23. The summed E-state index contributed by atoms with van der Waals surface area (Å²) in [6.45, 7) is 0. The van der Waals surface area contributed by atoms with E-state index in [1.54, 1.807) is 18.2 Å². The third-order valence-corrected chi connectivity index (χ3v) is 3.45. The molecule has 1 amide bonds. The number of nitrogens with one attached hydrogen (secondary N) is 1. The van der Waals surface area contributed by atoms with E-state index in [4.69, 9.17) is 17.3 Å². The van der Waals surface area contributed by atoms with Gasteiger partial charge in [-0.2, -0.15) is 0 Å². The van der Waals surface area contributed by atoms with Gasteiger partial charge in [0.25, 0.3) is 5.91 Å². The van der Waals surface area contributed by atoms with Crippen molar-refractivity contribution in [2.75, 3.05) is 5.73 Å². The minimum atomic E-state index is -0.459. The lowest BCUT2D eigenvalue weighted by Gasteiger charge is -2.28. The van der Waals surface area contributed by atoms with Crippen molar-refractivity contribution < 1.29 is 9.90 Å². The smallest absolute Gasteiger partial charge is 0.251 e. The first-order valence-electron chi connectivity index (χ1n) is 6.11. The maximum absolute atomic E-state index is 12.0. The number of amides is 1. The summed E-state index contributed by atoms with van der Waals surface area (Å²) in [5.41, 5.74) is 6.53. The van der Waals surface area contributed by atoms with Crippen LogP contribution in [0, 0.1) is 0 Å². The molecule has 0 unspecified atom stereocenters. The van der Waals surface area contributed by atoms with Crippen molar-refractivity contribution in [1.29, 1.82) is 0 Å². The topological polar surface area (TPSA) is 75.4 Å². The lowest BCUT2D eigenvalue weighted by atomic mass is 9.92. The first-order valence-corrected chi connectivity index (χ1v) is 6.49. The monoisotopic (exact) mass is 268 g/mol. The number of aliphatic hydroxyl groups excluding tert-OH is 1. The van der Waals surface area contributed by atoms with E-state index in [9.17, 15) is 9.90 Å². The van der Waals surface area contributed by atoms with Crippen molar-refractivity contribution >= 4 is 23.2 Å². The molecule has 0 aromatic heterocycles. The number of carbonyl (C=O) groups excluding carboxylic acids is 1. The molecule has 1 aliphatic carbocycles. The summed E-state index contributed by atoms with van der Waals surface area (Å²) < 4.78 is 0. The molecule has 4 N–H and O–H groups in total. The molecule has 5 heteroatoms. The van der Waals surface area contributed by atoms with Gasteiger partial charge < -0.3 is 16.2 Å². The highest BCUT2D eigenvalue weighted by atomic mass is 35.5. The summed E-state index contributed by atoms with van der Waals surface area (Å²) in [7, 11) is 0. The summed E-state index contributed by atoms with van der Waals surface area (Å²) >= 11 is 5.86. The van der Waals surface area contributed by atoms with Crippen molar-refractivity contribution in [1.82, 2.24) is 5.32 Å². The standard InChI is InChI=1S/C13H17ClN2O2/c14-9-5-8(6-10(15)7-9)13(18)16-11-3-1-2-4-12(11)17/h5-7,11-12,17H,1-4,15H2,(H,16,18)/t11-,12-/m0/s1. The van der Waals surface area contributed by atoms with Crippen molar-refractivity contribution in [3.63, 3.8) is 0 Å². The van der Waals surface area contributed by atoms with Gasteiger partial charge >= 0.3 is 0 Å². The van der Waals surface area contributed by atoms with Gasteiger partial charge in [0, 0.05) is 16.3 Å². The van der Waals surface area contributed by atoms with Crippen LogP contribution in [0.1, 0.15) is 36.0 Å². The highest BCUT2D eigenvalue weighted by Crippen LogP contribution is 2.20. The molecule has 0 radical (unpaired) electrons. The molecule has 0 spiro atoms. The molecule has 98 valence electrons. The molecule has 2 rings (SSSR count). The van der Waals surface area contributed by atoms with E-state index in [1.165, 1.54) is 0 Å². The number of halogens is 1. The van der Waals surface area contributed by atoms with Gasteiger partial charge in [-0.05, 0) is 31.0 Å². The molecule has 0 heterocycles. The zero-order chi connectivity index (χ0) is 13.1. The Kier molecular flexibility index (Phi) is 4.09. The molecule has 0 aliphatic heterocycles. The van der Waals surface area contributed by atoms with Crippen LogP contribution in [0.4, 0.5) is 5.69 Å². The molecule has 1 fully saturated rings. The Morgan fingerprint density at radius 2 is 2.06 bits per heavy atom. The summed E-state index contributed by atoms with van der Waals surface area (Å²) in [5.74, 6) is -0.241. The Morgan fingerprint density at radius 3 is 2.72 bits per heavy atom. The quantitative estimate of drug-likeness (QED) is 0.718. The highest BCUT2D eigenvalue weighted by molar-refractivity contribution is 6.31. The number of carbonyl (C=O) groups is 1. The molecule has 1 aromatic rings. The van der Waals surface area contributed by atoms with Gasteiger partial charge in [-0.3, -0.25) is 4.79 Å². The van der Waals surface area contributed by atoms with Crippen LogP contribution in [0.3, 0.4) is 0 Å². The zero-order valence-electron chi connectivity index (χ0n) is 10.0. The molecule has 18 heavy (non-hydrogen) atoms. The van der Waals surface area contributed by atoms with Gasteiger partial charge in [0.05, 0.1) is 12.1 Å². The second-order valence-electron chi connectivity index (χ2n) is 4.70. The van der Waals surface area contributed by atoms with E-state index in [2.05, 4.69) is 5.32 Å². The van der Waals surface area contributed by atoms with E-state index in [0.29, 0.717) is 16.3 Å². The van der Waals surface area contributed by atoms with Gasteiger partial charge in [0.15, 0.2) is 0 Å². The van der Waals surface area contributed by atoms with Crippen LogP contribution in [-0.4, -0.2) is 23.2 Å². The molecular formula is C13H17ClN2O2. The van der Waals surface area contributed by atoms with Crippen molar-refractivity contribution in [2.24, 2.45) is 0 Å². The van der Waals surface area contributed by atoms with Crippen LogP contribution < -0.4 is 11.1 Å². The van der Waals surface area contributed by atoms with Crippen LogP contribution in [0.2, 0.25) is 5.02 Å². The number of hydrogen-bond acceptors (Lipinski definition) is 3. The fourth-order valence-electron chi connectivity index (χ4n) is 2.27. The lowest BCUT2D eigenvalue weighted by molar-refractivity contribution is 0.0717. The first-order chi connectivity index (χ1) is 8.56. The fourth-order valence-corrected chi connectivity index (χ4v) is 2.52. The summed E-state index contributed by atoms with van der Waals surface area (Å²) in [4.78, 5) is 12.0. The van der Waals surface area contributed by atoms with E-state index in [1.807, 2.05) is 0 Å². The number of nitrogen functional groups attached to an aromatic ring is 1. The second-order valence-corrected chi connectivity index (χ2v) is 5.14. The van der Waals surface area contributed by atoms with Crippen LogP contribution in [-0.2, 0) is 0 Å². The van der Waals surface area contributed by atoms with Crippen molar-refractivity contribution in [3.05, 3.63) is 28.8 Å². The van der Waals surface area contributed by atoms with Gasteiger partial charge in [-0.15, -0.1) is 0 Å². The van der Waals surface area contributed by atoms with Crippen LogP contribution in [0.5, 0.6) is 0 Å². The second kappa shape index (κ2) is 5.59. The molecule has 4 nitrogen and oxygen atoms in total. The van der Waals surface area contributed by atoms with Crippen LogP contribution >= 0.6 is 11.6 Å². The minimum Gasteiger partial charge on any atom is -0.399 e. The summed E-state index contributed by atoms with van der Waals surface area (Å²) in [6, 6.07) is 4.57. The number of hydrogen-bond donors (Lipinski definition) is 3. The summed E-state index contributed by atoms with van der Waals surface area (Å²) in [5, 5.41) is 13.1. The maximum Gasteiger partial charge on any atom is 0.251 e. The van der Waals surface area contributed by atoms with E-state index >= 15 is 0 Å². The highest BCUT2D eigenvalue weighted by Gasteiger charge is 2.24. The number of aliphatic hydroxyl groups is 1. The normalized spacial score (nSPS) is 23.7. The minimum absolute atomic E-state index is 0.175. The SMILES string of the molecule is Nc1cc(Cl)cc(C(=O)N[C@H]2CCCC[C@@H]2O)c1. The van der Waals surface area contributed by atoms with Gasteiger partial charge in [-0.1, -0.05) is 24.4 Å². The van der Waals surface area contributed by atoms with Crippen molar-refractivity contribution in [3.8, 4) is 0 Å². The van der Waals surface area contributed by atoms with Crippen LogP contribution in [0.15, 0.2) is 18.2 Å². The average Bonchev–Trinajstić information content (AvgIpc) is 2.31. The molecule has 1 aliphatic rings. The van der Waals surface area contributed by atoms with E-state index in [-0.39, 0.29) is 11.9 Å². The van der Waals surface area contributed by atoms with Gasteiger partial charge in [0.2, 0.25) is 0 Å². The predicted octanol–water partition coefficient (Wildman–Crippen LogP) is 1.96. The Hall–Kier alpha value is -1.26. The Balaban J connectivity index is 2.06. The van der Waals surface area contributed by atoms with E-state index in [0.717, 1.165) is 25.7 Å². The van der Waals surface area contributed by atoms with E-state index < -0.39 is 6.10 Å². The molecule has 0 bridgehead atoms. The molecule has 1 aromatic carbocycles. The predicted molar refractivity (Wildman–Crippen MR) is 71.6 cm³/mol. The Morgan fingerprint density at radius 1 is 1.33 bits per heavy atom. The van der Waals surface area contributed by atoms with Gasteiger partial charge in [0.1, 0.15) is 0 Å². The number of benzene rings is 1. The number of nitrogens with two attached hydrogens (primary N) is 1. The average molecular weight is 269 g/mol.